The topological polar surface area (TPSA) is 9.23 Å². The van der Waals surface area contributed by atoms with Crippen molar-refractivity contribution in [2.45, 2.75) is 51.6 Å². The Kier molecular flexibility index (Phi) is 6.97. The van der Waals surface area contributed by atoms with Gasteiger partial charge < -0.3 is 4.74 Å². The van der Waals surface area contributed by atoms with E-state index in [2.05, 4.69) is 18.8 Å². The molecular formula is C29H26F4O. The largest absolute Gasteiger partial charge is 0.429 e. The predicted octanol–water partition coefficient (Wildman–Crippen LogP) is 8.10. The van der Waals surface area contributed by atoms with E-state index in [1.54, 1.807) is 0 Å². The molecule has 0 amide bonds. The summed E-state index contributed by atoms with van der Waals surface area (Å²) in [7, 11) is 0. The highest BCUT2D eigenvalue weighted by atomic mass is 19.3. The highest BCUT2D eigenvalue weighted by Crippen LogP contribution is 2.39. The second-order valence-corrected chi connectivity index (χ2v) is 9.07. The van der Waals surface area contributed by atoms with Gasteiger partial charge in [0, 0.05) is 17.2 Å². The van der Waals surface area contributed by atoms with Crippen molar-refractivity contribution in [3.8, 4) is 17.6 Å². The highest BCUT2D eigenvalue weighted by molar-refractivity contribution is 5.44. The molecule has 34 heavy (non-hydrogen) atoms. The molecule has 0 aromatic heterocycles. The van der Waals surface area contributed by atoms with E-state index < -0.39 is 23.3 Å². The summed E-state index contributed by atoms with van der Waals surface area (Å²) in [5.74, 6) is 4.28. The number of hydrogen-bond acceptors (Lipinski definition) is 1. The summed E-state index contributed by atoms with van der Waals surface area (Å²) < 4.78 is 63.4. The smallest absolute Gasteiger partial charge is 0.429 e. The third kappa shape index (κ3) is 5.62. The van der Waals surface area contributed by atoms with Gasteiger partial charge in [-0.3, -0.25) is 0 Å². The Morgan fingerprint density at radius 1 is 0.794 bits per heavy atom. The van der Waals surface area contributed by atoms with Gasteiger partial charge in [-0.05, 0) is 73.6 Å². The average molecular weight is 467 g/mol. The molecule has 176 valence electrons. The van der Waals surface area contributed by atoms with E-state index in [0.29, 0.717) is 11.5 Å². The van der Waals surface area contributed by atoms with Gasteiger partial charge in [0.25, 0.3) is 0 Å². The molecule has 0 aliphatic heterocycles. The Morgan fingerprint density at radius 2 is 1.44 bits per heavy atom. The quantitative estimate of drug-likeness (QED) is 0.279. The second kappa shape index (κ2) is 9.93. The van der Waals surface area contributed by atoms with Crippen LogP contribution in [-0.4, -0.2) is 0 Å². The monoisotopic (exact) mass is 466 g/mol. The Morgan fingerprint density at radius 3 is 2.09 bits per heavy atom. The van der Waals surface area contributed by atoms with Crippen molar-refractivity contribution < 1.29 is 22.3 Å². The molecular weight excluding hydrogens is 440 g/mol. The molecule has 3 aromatic carbocycles. The SMILES string of the molecule is Cc1ccc(C#Cc2ccc(C(F)(F)Oc3ccc(C4CCC(C)CC4)c(F)c3)c(F)c2)cc1. The molecule has 1 fully saturated rings. The Hall–Kier alpha value is -3.26. The van der Waals surface area contributed by atoms with Gasteiger partial charge in [0.15, 0.2) is 0 Å². The number of aryl methyl sites for hydroxylation is 1. The fourth-order valence-corrected chi connectivity index (χ4v) is 4.29. The second-order valence-electron chi connectivity index (χ2n) is 9.07. The Bertz CT molecular complexity index is 1210. The minimum Gasteiger partial charge on any atom is -0.429 e. The molecule has 0 radical (unpaired) electrons. The average Bonchev–Trinajstić information content (AvgIpc) is 2.79. The highest BCUT2D eigenvalue weighted by Gasteiger charge is 2.38. The lowest BCUT2D eigenvalue weighted by Gasteiger charge is -2.27. The molecule has 0 unspecified atom stereocenters. The zero-order valence-electron chi connectivity index (χ0n) is 19.2. The van der Waals surface area contributed by atoms with Gasteiger partial charge in [-0.1, -0.05) is 55.4 Å². The van der Waals surface area contributed by atoms with Crippen LogP contribution in [0.25, 0.3) is 0 Å². The van der Waals surface area contributed by atoms with Crippen molar-refractivity contribution in [1.29, 1.82) is 0 Å². The van der Waals surface area contributed by atoms with E-state index in [1.807, 2.05) is 31.2 Å². The molecule has 0 atom stereocenters. The lowest BCUT2D eigenvalue weighted by atomic mass is 9.79. The summed E-state index contributed by atoms with van der Waals surface area (Å²) >= 11 is 0. The summed E-state index contributed by atoms with van der Waals surface area (Å²) in [6, 6.07) is 14.4. The molecule has 1 aliphatic rings. The first-order valence-corrected chi connectivity index (χ1v) is 11.5. The standard InChI is InChI=1S/C29H26F4O/c1-19-3-7-21(8-4-19)9-10-22-11-16-26(28(31)17-22)29(32,33)34-24-14-15-25(27(30)18-24)23-12-5-20(2)6-13-23/h3-4,7-8,11,14-18,20,23H,5-6,12-13H2,1-2H3. The van der Waals surface area contributed by atoms with Crippen molar-refractivity contribution in [2.75, 3.05) is 0 Å². The number of rotatable bonds is 4. The zero-order chi connectivity index (χ0) is 24.3. The Balaban J connectivity index is 1.48. The van der Waals surface area contributed by atoms with E-state index in [1.165, 1.54) is 18.2 Å². The van der Waals surface area contributed by atoms with Crippen LogP contribution >= 0.6 is 0 Å². The van der Waals surface area contributed by atoms with E-state index >= 15 is 0 Å². The van der Waals surface area contributed by atoms with E-state index in [0.717, 1.165) is 55.0 Å². The summed E-state index contributed by atoms with van der Waals surface area (Å²) in [4.78, 5) is 0. The third-order valence-corrected chi connectivity index (χ3v) is 6.36. The van der Waals surface area contributed by atoms with Crippen LogP contribution in [0.4, 0.5) is 17.6 Å². The molecule has 5 heteroatoms. The Labute approximate surface area is 197 Å². The molecule has 0 N–H and O–H groups in total. The maximum Gasteiger partial charge on any atom is 0.429 e. The van der Waals surface area contributed by atoms with Crippen molar-refractivity contribution >= 4 is 0 Å². The summed E-state index contributed by atoms with van der Waals surface area (Å²) in [6.07, 6.45) is -0.185. The van der Waals surface area contributed by atoms with Gasteiger partial charge in [0.1, 0.15) is 22.9 Å². The lowest BCUT2D eigenvalue weighted by Crippen LogP contribution is -2.23. The van der Waals surface area contributed by atoms with Crippen molar-refractivity contribution in [3.05, 3.63) is 100 Å². The number of halogens is 4. The molecule has 1 nitrogen and oxygen atoms in total. The van der Waals surface area contributed by atoms with Gasteiger partial charge in [-0.15, -0.1) is 0 Å². The maximum atomic E-state index is 14.7. The first-order chi connectivity index (χ1) is 16.2. The van der Waals surface area contributed by atoms with Gasteiger partial charge in [-0.25, -0.2) is 8.78 Å². The summed E-state index contributed by atoms with van der Waals surface area (Å²) in [5, 5.41) is 0. The van der Waals surface area contributed by atoms with Crippen molar-refractivity contribution in [3.63, 3.8) is 0 Å². The fourth-order valence-electron chi connectivity index (χ4n) is 4.29. The number of ether oxygens (including phenoxy) is 1. The molecule has 0 spiro atoms. The van der Waals surface area contributed by atoms with Crippen LogP contribution in [0, 0.1) is 36.3 Å². The van der Waals surface area contributed by atoms with Gasteiger partial charge >= 0.3 is 6.11 Å². The predicted molar refractivity (Wildman–Crippen MR) is 125 cm³/mol. The van der Waals surface area contributed by atoms with E-state index in [9.17, 15) is 17.6 Å². The number of hydrogen-bond donors (Lipinski definition) is 0. The third-order valence-electron chi connectivity index (χ3n) is 6.36. The number of benzene rings is 3. The zero-order valence-corrected chi connectivity index (χ0v) is 19.2. The van der Waals surface area contributed by atoms with Crippen LogP contribution in [0.5, 0.6) is 5.75 Å². The van der Waals surface area contributed by atoms with Crippen molar-refractivity contribution in [1.82, 2.24) is 0 Å². The van der Waals surface area contributed by atoms with Crippen LogP contribution in [-0.2, 0) is 6.11 Å². The molecule has 3 aromatic rings. The molecule has 0 saturated heterocycles. The summed E-state index contributed by atoms with van der Waals surface area (Å²) in [6.45, 7) is 4.13. The van der Waals surface area contributed by atoms with Crippen LogP contribution in [0.3, 0.4) is 0 Å². The van der Waals surface area contributed by atoms with Crippen LogP contribution in [0.2, 0.25) is 0 Å². The van der Waals surface area contributed by atoms with Crippen LogP contribution in [0.1, 0.15) is 66.3 Å². The summed E-state index contributed by atoms with van der Waals surface area (Å²) in [5.41, 5.74) is 1.66. The first kappa shape index (κ1) is 23.9. The van der Waals surface area contributed by atoms with E-state index in [4.69, 9.17) is 4.74 Å². The first-order valence-electron chi connectivity index (χ1n) is 11.5. The maximum absolute atomic E-state index is 14.7. The van der Waals surface area contributed by atoms with Crippen LogP contribution < -0.4 is 4.74 Å². The fraction of sp³-hybridized carbons (Fsp3) is 0.310. The molecule has 1 saturated carbocycles. The van der Waals surface area contributed by atoms with Crippen molar-refractivity contribution in [2.24, 2.45) is 5.92 Å². The molecule has 1 aliphatic carbocycles. The van der Waals surface area contributed by atoms with Gasteiger partial charge in [0.05, 0.1) is 0 Å². The van der Waals surface area contributed by atoms with E-state index in [-0.39, 0.29) is 17.2 Å². The molecule has 4 rings (SSSR count). The van der Waals surface area contributed by atoms with Gasteiger partial charge in [0.2, 0.25) is 0 Å². The molecule has 0 heterocycles. The minimum absolute atomic E-state index is 0.0803. The van der Waals surface area contributed by atoms with Gasteiger partial charge in [-0.2, -0.15) is 8.78 Å². The molecule has 0 bridgehead atoms. The van der Waals surface area contributed by atoms with Crippen LogP contribution in [0.15, 0.2) is 60.7 Å². The lowest BCUT2D eigenvalue weighted by molar-refractivity contribution is -0.187. The normalized spacial score (nSPS) is 18.2. The number of alkyl halides is 2. The minimum atomic E-state index is -3.97.